The zero-order chi connectivity index (χ0) is 14.7. The summed E-state index contributed by atoms with van der Waals surface area (Å²) in [5.41, 5.74) is 1.12. The summed E-state index contributed by atoms with van der Waals surface area (Å²) < 4.78 is 2.86. The maximum Gasteiger partial charge on any atom is 0.350 e. The number of hydrogen-bond acceptors (Lipinski definition) is 5. The first-order valence-corrected chi connectivity index (χ1v) is 6.87. The molecule has 3 rings (SSSR count). The number of anilines is 1. The molecule has 0 saturated carbocycles. The Morgan fingerprint density at radius 2 is 2.24 bits per heavy atom. The first-order chi connectivity index (χ1) is 10.3. The molecular formula is C14H16N6O. The SMILES string of the molecule is CCCNc1cccc(Cn2nc3cnccn3c2=O)n1. The fourth-order valence-electron chi connectivity index (χ4n) is 2.06. The summed E-state index contributed by atoms with van der Waals surface area (Å²) >= 11 is 0. The Hall–Kier alpha value is -2.70. The van der Waals surface area contributed by atoms with Gasteiger partial charge in [0.25, 0.3) is 0 Å². The zero-order valence-corrected chi connectivity index (χ0v) is 11.7. The van der Waals surface area contributed by atoms with Crippen molar-refractivity contribution in [3.63, 3.8) is 0 Å². The van der Waals surface area contributed by atoms with Crippen molar-refractivity contribution in [2.45, 2.75) is 19.9 Å². The van der Waals surface area contributed by atoms with Gasteiger partial charge >= 0.3 is 5.69 Å². The molecule has 21 heavy (non-hydrogen) atoms. The van der Waals surface area contributed by atoms with E-state index in [1.807, 2.05) is 18.2 Å². The topological polar surface area (TPSA) is 77.1 Å². The standard InChI is InChI=1S/C14H16N6O/c1-2-6-16-12-5-3-4-11(17-12)10-20-14(21)19-8-7-15-9-13(19)18-20/h3-5,7-9H,2,6,10H2,1H3,(H,16,17). The van der Waals surface area contributed by atoms with Gasteiger partial charge in [0.2, 0.25) is 0 Å². The average molecular weight is 284 g/mol. The molecule has 7 nitrogen and oxygen atoms in total. The highest BCUT2D eigenvalue weighted by atomic mass is 16.2. The quantitative estimate of drug-likeness (QED) is 0.760. The molecule has 0 unspecified atom stereocenters. The maximum atomic E-state index is 12.2. The van der Waals surface area contributed by atoms with E-state index in [1.54, 1.807) is 18.6 Å². The van der Waals surface area contributed by atoms with Crippen LogP contribution in [0.1, 0.15) is 19.0 Å². The van der Waals surface area contributed by atoms with E-state index in [0.717, 1.165) is 24.5 Å². The number of rotatable bonds is 5. The third-order valence-electron chi connectivity index (χ3n) is 3.06. The van der Waals surface area contributed by atoms with E-state index in [-0.39, 0.29) is 5.69 Å². The van der Waals surface area contributed by atoms with Gasteiger partial charge in [0, 0.05) is 18.9 Å². The van der Waals surface area contributed by atoms with Crippen LogP contribution in [-0.2, 0) is 6.54 Å². The Balaban J connectivity index is 1.88. The van der Waals surface area contributed by atoms with Gasteiger partial charge in [-0.25, -0.2) is 18.9 Å². The second kappa shape index (κ2) is 5.74. The van der Waals surface area contributed by atoms with Gasteiger partial charge in [0.15, 0.2) is 5.65 Å². The van der Waals surface area contributed by atoms with E-state index in [9.17, 15) is 4.79 Å². The smallest absolute Gasteiger partial charge is 0.350 e. The maximum absolute atomic E-state index is 12.2. The normalized spacial score (nSPS) is 10.9. The molecule has 0 fully saturated rings. The Morgan fingerprint density at radius 1 is 1.33 bits per heavy atom. The van der Waals surface area contributed by atoms with Crippen molar-refractivity contribution >= 4 is 11.5 Å². The van der Waals surface area contributed by atoms with E-state index < -0.39 is 0 Å². The third kappa shape index (κ3) is 2.76. The van der Waals surface area contributed by atoms with Crippen molar-refractivity contribution < 1.29 is 0 Å². The summed E-state index contributed by atoms with van der Waals surface area (Å²) in [5, 5.41) is 7.47. The van der Waals surface area contributed by atoms with Crippen LogP contribution in [0, 0.1) is 0 Å². The first kappa shape index (κ1) is 13.3. The van der Waals surface area contributed by atoms with Crippen LogP contribution in [-0.4, -0.2) is 30.7 Å². The number of fused-ring (bicyclic) bond motifs is 1. The molecule has 0 amide bonds. The molecule has 3 heterocycles. The fraction of sp³-hybridized carbons (Fsp3) is 0.286. The van der Waals surface area contributed by atoms with Gasteiger partial charge in [0.1, 0.15) is 5.82 Å². The van der Waals surface area contributed by atoms with E-state index in [4.69, 9.17) is 0 Å². The van der Waals surface area contributed by atoms with Gasteiger partial charge in [-0.05, 0) is 18.6 Å². The van der Waals surface area contributed by atoms with E-state index in [2.05, 4.69) is 27.3 Å². The molecular weight excluding hydrogens is 268 g/mol. The molecule has 0 aliphatic rings. The van der Waals surface area contributed by atoms with Crippen LogP contribution in [0.15, 0.2) is 41.6 Å². The molecule has 108 valence electrons. The first-order valence-electron chi connectivity index (χ1n) is 6.87. The summed E-state index contributed by atoms with van der Waals surface area (Å²) in [7, 11) is 0. The monoisotopic (exact) mass is 284 g/mol. The summed E-state index contributed by atoms with van der Waals surface area (Å²) in [5.74, 6) is 0.813. The third-order valence-corrected chi connectivity index (χ3v) is 3.06. The molecule has 0 aromatic carbocycles. The largest absolute Gasteiger partial charge is 0.370 e. The number of hydrogen-bond donors (Lipinski definition) is 1. The van der Waals surface area contributed by atoms with Crippen LogP contribution < -0.4 is 11.0 Å². The summed E-state index contributed by atoms with van der Waals surface area (Å²) in [6.07, 6.45) is 5.76. The van der Waals surface area contributed by atoms with Crippen LogP contribution in [0.25, 0.3) is 5.65 Å². The van der Waals surface area contributed by atoms with Crippen molar-refractivity contribution in [1.29, 1.82) is 0 Å². The van der Waals surface area contributed by atoms with Gasteiger partial charge in [0.05, 0.1) is 18.4 Å². The molecule has 0 aliphatic carbocycles. The lowest BCUT2D eigenvalue weighted by atomic mass is 10.3. The average Bonchev–Trinajstić information content (AvgIpc) is 2.82. The Morgan fingerprint density at radius 3 is 3.05 bits per heavy atom. The number of pyridine rings is 1. The predicted octanol–water partition coefficient (Wildman–Crippen LogP) is 1.16. The van der Waals surface area contributed by atoms with Crippen LogP contribution in [0.5, 0.6) is 0 Å². The van der Waals surface area contributed by atoms with E-state index in [1.165, 1.54) is 9.08 Å². The Bertz CT molecular complexity index is 806. The molecule has 0 aliphatic heterocycles. The van der Waals surface area contributed by atoms with Crippen LogP contribution in [0.4, 0.5) is 5.82 Å². The minimum atomic E-state index is -0.193. The fourth-order valence-corrected chi connectivity index (χ4v) is 2.06. The Kier molecular flexibility index (Phi) is 3.63. The number of nitrogens with zero attached hydrogens (tertiary/aromatic N) is 5. The number of nitrogens with one attached hydrogen (secondary N) is 1. The molecule has 0 atom stereocenters. The van der Waals surface area contributed by atoms with Gasteiger partial charge in [-0.1, -0.05) is 13.0 Å². The molecule has 0 bridgehead atoms. The van der Waals surface area contributed by atoms with Crippen LogP contribution in [0.2, 0.25) is 0 Å². The highest BCUT2D eigenvalue weighted by Gasteiger charge is 2.07. The number of aromatic nitrogens is 5. The van der Waals surface area contributed by atoms with E-state index in [0.29, 0.717) is 12.2 Å². The van der Waals surface area contributed by atoms with Crippen molar-refractivity contribution in [2.24, 2.45) is 0 Å². The molecule has 1 N–H and O–H groups in total. The zero-order valence-electron chi connectivity index (χ0n) is 11.7. The Labute approximate surface area is 121 Å². The van der Waals surface area contributed by atoms with Gasteiger partial charge in [-0.15, -0.1) is 5.10 Å². The summed E-state index contributed by atoms with van der Waals surface area (Å²) in [6.45, 7) is 3.31. The van der Waals surface area contributed by atoms with Gasteiger partial charge in [-0.3, -0.25) is 4.98 Å². The molecule has 0 radical (unpaired) electrons. The lowest BCUT2D eigenvalue weighted by molar-refractivity contribution is 0.646. The second-order valence-corrected chi connectivity index (χ2v) is 4.69. The predicted molar refractivity (Wildman–Crippen MR) is 79.4 cm³/mol. The minimum absolute atomic E-state index is 0.193. The van der Waals surface area contributed by atoms with Crippen LogP contribution in [0.3, 0.4) is 0 Å². The molecule has 7 heteroatoms. The lowest BCUT2D eigenvalue weighted by Crippen LogP contribution is -2.22. The lowest BCUT2D eigenvalue weighted by Gasteiger charge is -2.05. The molecule has 3 aromatic heterocycles. The van der Waals surface area contributed by atoms with Gasteiger partial charge in [-0.2, -0.15) is 0 Å². The van der Waals surface area contributed by atoms with Crippen molar-refractivity contribution in [3.05, 3.63) is 53.0 Å². The minimum Gasteiger partial charge on any atom is -0.370 e. The molecule has 0 saturated heterocycles. The van der Waals surface area contributed by atoms with Crippen molar-refractivity contribution in [3.8, 4) is 0 Å². The van der Waals surface area contributed by atoms with Crippen LogP contribution >= 0.6 is 0 Å². The summed E-state index contributed by atoms with van der Waals surface area (Å²) in [6, 6.07) is 5.71. The molecule has 0 spiro atoms. The van der Waals surface area contributed by atoms with Gasteiger partial charge < -0.3 is 5.32 Å². The highest BCUT2D eigenvalue weighted by Crippen LogP contribution is 2.06. The molecule has 3 aromatic rings. The van der Waals surface area contributed by atoms with E-state index >= 15 is 0 Å². The van der Waals surface area contributed by atoms with Crippen molar-refractivity contribution in [2.75, 3.05) is 11.9 Å². The second-order valence-electron chi connectivity index (χ2n) is 4.69. The van der Waals surface area contributed by atoms with Crippen molar-refractivity contribution in [1.82, 2.24) is 24.1 Å². The highest BCUT2D eigenvalue weighted by molar-refractivity contribution is 5.35. The summed E-state index contributed by atoms with van der Waals surface area (Å²) in [4.78, 5) is 20.6.